The Morgan fingerprint density at radius 3 is 2.78 bits per heavy atom. The number of imidazole rings is 1. The van der Waals surface area contributed by atoms with Crippen LogP contribution in [0, 0.1) is 0 Å². The topological polar surface area (TPSA) is 91.5 Å². The molecule has 0 unspecified atom stereocenters. The predicted octanol–water partition coefficient (Wildman–Crippen LogP) is 4.33. The predicted molar refractivity (Wildman–Crippen MR) is 135 cm³/mol. The molecule has 4 aromatic rings. The van der Waals surface area contributed by atoms with Crippen molar-refractivity contribution in [3.05, 3.63) is 66.1 Å². The van der Waals surface area contributed by atoms with Crippen molar-refractivity contribution >= 4 is 11.2 Å². The maximum Gasteiger partial charge on any atom is 0.214 e. The van der Waals surface area contributed by atoms with Gasteiger partial charge in [0.15, 0.2) is 5.65 Å². The van der Waals surface area contributed by atoms with Crippen LogP contribution in [0.4, 0.5) is 0 Å². The van der Waals surface area contributed by atoms with Gasteiger partial charge in [-0.05, 0) is 61.9 Å². The monoisotopic (exact) mass is 486 g/mol. The van der Waals surface area contributed by atoms with Crippen molar-refractivity contribution in [3.63, 3.8) is 0 Å². The minimum absolute atomic E-state index is 0.0864. The number of ether oxygens (including phenoxy) is 3. The van der Waals surface area contributed by atoms with Crippen LogP contribution in [0.2, 0.25) is 0 Å². The summed E-state index contributed by atoms with van der Waals surface area (Å²) in [5.41, 5.74) is 4.57. The van der Waals surface area contributed by atoms with Gasteiger partial charge in [0.1, 0.15) is 36.4 Å². The highest BCUT2D eigenvalue weighted by atomic mass is 16.5. The molecule has 8 nitrogen and oxygen atoms in total. The number of hydrogen-bond acceptors (Lipinski definition) is 7. The number of pyridine rings is 2. The van der Waals surface area contributed by atoms with Gasteiger partial charge in [-0.3, -0.25) is 0 Å². The van der Waals surface area contributed by atoms with Crippen molar-refractivity contribution in [3.8, 4) is 22.9 Å². The van der Waals surface area contributed by atoms with Gasteiger partial charge in [0.05, 0.1) is 24.9 Å². The smallest absolute Gasteiger partial charge is 0.214 e. The fourth-order valence-electron chi connectivity index (χ4n) is 4.97. The third-order valence-electron chi connectivity index (χ3n) is 6.92. The summed E-state index contributed by atoms with van der Waals surface area (Å²) in [7, 11) is 0. The average Bonchev–Trinajstić information content (AvgIpc) is 3.23. The molecular weight excluding hydrogens is 456 g/mol. The van der Waals surface area contributed by atoms with E-state index in [1.807, 2.05) is 42.5 Å². The molecule has 0 spiro atoms. The zero-order valence-electron chi connectivity index (χ0n) is 20.2. The van der Waals surface area contributed by atoms with Gasteiger partial charge in [-0.1, -0.05) is 18.2 Å². The minimum atomic E-state index is -0.209. The van der Waals surface area contributed by atoms with E-state index in [1.54, 1.807) is 6.20 Å². The Morgan fingerprint density at radius 1 is 0.972 bits per heavy atom. The third kappa shape index (κ3) is 4.92. The average molecular weight is 487 g/mol. The highest BCUT2D eigenvalue weighted by molar-refractivity contribution is 5.76. The zero-order valence-corrected chi connectivity index (χ0v) is 20.2. The highest BCUT2D eigenvalue weighted by Crippen LogP contribution is 2.27. The van der Waals surface area contributed by atoms with E-state index >= 15 is 0 Å². The van der Waals surface area contributed by atoms with Gasteiger partial charge >= 0.3 is 0 Å². The molecule has 1 N–H and O–H groups in total. The van der Waals surface area contributed by atoms with Gasteiger partial charge in [0.25, 0.3) is 0 Å². The molecule has 0 atom stereocenters. The lowest BCUT2D eigenvalue weighted by Crippen LogP contribution is -2.26. The molecule has 0 saturated heterocycles. The standard InChI is InChI=1S/C28H30N4O4/c33-21-5-7-22(8-6-21)36-27-17-20(11-13-29-27)23-9-10-24-28(31-23)32-14-16-35-25-4-2-1-3-19(25)12-15-34-18-26(32)30-24/h1-4,9-11,13,17,21-22,33H,5-8,12,14-16,18H2. The number of rotatable bonds is 3. The lowest BCUT2D eigenvalue weighted by atomic mass is 9.95. The molecule has 36 heavy (non-hydrogen) atoms. The summed E-state index contributed by atoms with van der Waals surface area (Å²) < 4.78 is 20.3. The van der Waals surface area contributed by atoms with E-state index in [9.17, 15) is 5.11 Å². The molecule has 8 heteroatoms. The number of nitrogens with zero attached hydrogens (tertiary/aromatic N) is 4. The van der Waals surface area contributed by atoms with E-state index in [0.717, 1.165) is 71.7 Å². The number of hydrogen-bond donors (Lipinski definition) is 1. The van der Waals surface area contributed by atoms with Crippen LogP contribution in [0.1, 0.15) is 37.1 Å². The Labute approximate surface area is 209 Å². The number of para-hydroxylation sites is 1. The number of aliphatic hydroxyl groups excluding tert-OH is 1. The molecule has 1 aliphatic carbocycles. The lowest BCUT2D eigenvalue weighted by molar-refractivity contribution is 0.0644. The van der Waals surface area contributed by atoms with E-state index in [-0.39, 0.29) is 12.2 Å². The van der Waals surface area contributed by atoms with Crippen LogP contribution >= 0.6 is 0 Å². The molecule has 0 bridgehead atoms. The molecule has 0 radical (unpaired) electrons. The van der Waals surface area contributed by atoms with Gasteiger partial charge in [0, 0.05) is 17.8 Å². The van der Waals surface area contributed by atoms with Gasteiger partial charge in [0.2, 0.25) is 5.88 Å². The van der Waals surface area contributed by atoms with Crippen molar-refractivity contribution in [2.75, 3.05) is 13.2 Å². The Balaban J connectivity index is 1.26. The van der Waals surface area contributed by atoms with Gasteiger partial charge in [-0.2, -0.15) is 0 Å². The molecular formula is C28H30N4O4. The summed E-state index contributed by atoms with van der Waals surface area (Å²) in [6.07, 6.45) is 5.66. The molecule has 0 amide bonds. The fourth-order valence-corrected chi connectivity index (χ4v) is 4.97. The SMILES string of the molecule is OC1CCC(Oc2cc(-c3ccc4nc5n(c4n3)CCOc3ccccc3CCOC5)ccn2)CC1. The Hall–Kier alpha value is -3.49. The van der Waals surface area contributed by atoms with Crippen LogP contribution in [0.15, 0.2) is 54.7 Å². The van der Waals surface area contributed by atoms with Crippen LogP contribution in [0.3, 0.4) is 0 Å². The first-order valence-electron chi connectivity index (χ1n) is 12.7. The van der Waals surface area contributed by atoms with Crippen LogP contribution in [0.25, 0.3) is 22.4 Å². The Bertz CT molecular complexity index is 1350. The molecule has 4 heterocycles. The van der Waals surface area contributed by atoms with E-state index < -0.39 is 0 Å². The molecule has 186 valence electrons. The number of aromatic nitrogens is 4. The minimum Gasteiger partial charge on any atom is -0.491 e. The second-order valence-electron chi connectivity index (χ2n) is 9.41. The first-order chi connectivity index (χ1) is 17.7. The van der Waals surface area contributed by atoms with Crippen molar-refractivity contribution in [2.45, 2.75) is 57.5 Å². The Morgan fingerprint density at radius 2 is 1.86 bits per heavy atom. The first-order valence-corrected chi connectivity index (χ1v) is 12.7. The molecule has 1 aliphatic heterocycles. The number of aliphatic hydroxyl groups is 1. The third-order valence-corrected chi connectivity index (χ3v) is 6.92. The molecule has 1 aromatic carbocycles. The van der Waals surface area contributed by atoms with Crippen LogP contribution in [-0.4, -0.2) is 50.0 Å². The summed E-state index contributed by atoms with van der Waals surface area (Å²) in [6, 6.07) is 16.0. The highest BCUT2D eigenvalue weighted by Gasteiger charge is 2.21. The van der Waals surface area contributed by atoms with Crippen molar-refractivity contribution < 1.29 is 19.3 Å². The summed E-state index contributed by atoms with van der Waals surface area (Å²) in [4.78, 5) is 14.2. The molecule has 1 saturated carbocycles. The van der Waals surface area contributed by atoms with Crippen LogP contribution < -0.4 is 9.47 Å². The maximum absolute atomic E-state index is 9.76. The summed E-state index contributed by atoms with van der Waals surface area (Å²) in [5, 5.41) is 9.76. The first kappa shape index (κ1) is 22.9. The van der Waals surface area contributed by atoms with Crippen LogP contribution in [0.5, 0.6) is 11.6 Å². The van der Waals surface area contributed by atoms with E-state index in [2.05, 4.69) is 15.6 Å². The van der Waals surface area contributed by atoms with Gasteiger partial charge in [-0.15, -0.1) is 0 Å². The molecule has 2 aliphatic rings. The van der Waals surface area contributed by atoms with Gasteiger partial charge < -0.3 is 23.9 Å². The van der Waals surface area contributed by atoms with Gasteiger partial charge in [-0.25, -0.2) is 15.0 Å². The largest absolute Gasteiger partial charge is 0.491 e. The number of benzene rings is 1. The van der Waals surface area contributed by atoms with E-state index in [0.29, 0.717) is 32.2 Å². The van der Waals surface area contributed by atoms with E-state index in [1.165, 1.54) is 0 Å². The van der Waals surface area contributed by atoms with Crippen molar-refractivity contribution in [1.29, 1.82) is 0 Å². The van der Waals surface area contributed by atoms with E-state index in [4.69, 9.17) is 24.2 Å². The fraction of sp³-hybridized carbons (Fsp3) is 0.393. The lowest BCUT2D eigenvalue weighted by Gasteiger charge is -2.25. The second kappa shape index (κ2) is 10.2. The summed E-state index contributed by atoms with van der Waals surface area (Å²) in [6.45, 7) is 2.17. The van der Waals surface area contributed by atoms with Crippen molar-refractivity contribution in [1.82, 2.24) is 19.5 Å². The Kier molecular flexibility index (Phi) is 6.53. The summed E-state index contributed by atoms with van der Waals surface area (Å²) >= 11 is 0. The molecule has 1 fully saturated rings. The maximum atomic E-state index is 9.76. The number of fused-ring (bicyclic) bond motifs is 4. The zero-order chi connectivity index (χ0) is 24.3. The summed E-state index contributed by atoms with van der Waals surface area (Å²) in [5.74, 6) is 2.34. The van der Waals surface area contributed by atoms with Crippen LogP contribution in [-0.2, 0) is 24.3 Å². The second-order valence-corrected chi connectivity index (χ2v) is 9.41. The van der Waals surface area contributed by atoms with Crippen molar-refractivity contribution in [2.24, 2.45) is 0 Å². The molecule has 3 aromatic heterocycles. The quantitative estimate of drug-likeness (QED) is 0.461. The normalized spacial score (nSPS) is 20.6. The molecule has 6 rings (SSSR count).